The third-order valence-corrected chi connectivity index (χ3v) is 4.39. The van der Waals surface area contributed by atoms with E-state index < -0.39 is 0 Å². The van der Waals surface area contributed by atoms with Gasteiger partial charge in [0.25, 0.3) is 0 Å². The lowest BCUT2D eigenvalue weighted by atomic mass is 9.84. The molecule has 0 fully saturated rings. The fourth-order valence-electron chi connectivity index (χ4n) is 2.40. The molecule has 3 rings (SSSR count). The highest BCUT2D eigenvalue weighted by atomic mass is 35.5. The predicted molar refractivity (Wildman–Crippen MR) is 92.0 cm³/mol. The first-order valence-electron chi connectivity index (χ1n) is 7.02. The molecule has 0 saturated carbocycles. The molecule has 1 aromatic heterocycles. The van der Waals surface area contributed by atoms with Gasteiger partial charge >= 0.3 is 0 Å². The first-order chi connectivity index (χ1) is 10.5. The fraction of sp³-hybridized carbons (Fsp3) is 0.235. The van der Waals surface area contributed by atoms with E-state index >= 15 is 0 Å². The highest BCUT2D eigenvalue weighted by Crippen LogP contribution is 2.35. The van der Waals surface area contributed by atoms with E-state index in [1.807, 2.05) is 18.2 Å². The van der Waals surface area contributed by atoms with Crippen LogP contribution in [0.5, 0.6) is 0 Å². The summed E-state index contributed by atoms with van der Waals surface area (Å²) in [6.07, 6.45) is 0. The number of halogens is 2. The minimum atomic E-state index is -0.0580. The summed E-state index contributed by atoms with van der Waals surface area (Å²) in [6.45, 7) is 5.04. The Labute approximate surface area is 139 Å². The molecule has 0 amide bonds. The maximum absolute atomic E-state index is 6.24. The highest BCUT2D eigenvalue weighted by molar-refractivity contribution is 6.40. The van der Waals surface area contributed by atoms with Gasteiger partial charge in [0.2, 0.25) is 0 Å². The monoisotopic (exact) mass is 334 g/mol. The third kappa shape index (κ3) is 2.79. The number of benzene rings is 2. The summed E-state index contributed by atoms with van der Waals surface area (Å²) in [5, 5.41) is 9.18. The molecule has 0 unspecified atom stereocenters. The van der Waals surface area contributed by atoms with Crippen LogP contribution in [-0.2, 0) is 5.41 Å². The van der Waals surface area contributed by atoms with Gasteiger partial charge in [-0.25, -0.2) is 0 Å². The Morgan fingerprint density at radius 1 is 1.05 bits per heavy atom. The number of nitrogens with zero attached hydrogens (tertiary/aromatic N) is 1. The molecular weight excluding hydrogens is 319 g/mol. The predicted octanol–water partition coefficient (Wildman–Crippen LogP) is 5.52. The van der Waals surface area contributed by atoms with Crippen molar-refractivity contribution in [2.24, 2.45) is 0 Å². The van der Waals surface area contributed by atoms with E-state index in [1.165, 1.54) is 5.56 Å². The molecule has 114 valence electrons. The lowest BCUT2D eigenvalue weighted by Crippen LogP contribution is -2.27. The lowest BCUT2D eigenvalue weighted by Gasteiger charge is -2.25. The first kappa shape index (κ1) is 15.2. The molecule has 1 N–H and O–H groups in total. The molecule has 2 aromatic carbocycles. The van der Waals surface area contributed by atoms with Crippen molar-refractivity contribution in [1.29, 1.82) is 0 Å². The average Bonchev–Trinajstić information content (AvgIpc) is 2.95. The van der Waals surface area contributed by atoms with Crippen LogP contribution in [0.4, 0.5) is 5.82 Å². The van der Waals surface area contributed by atoms with Gasteiger partial charge in [-0.15, -0.1) is 0 Å². The summed E-state index contributed by atoms with van der Waals surface area (Å²) in [5.41, 5.74) is 1.70. The standard InChI is InChI=1S/C17H16Cl2N2O/c1-17(2,11-6-4-3-5-7-11)10-20-16-14-12(18)8-9-13(19)15(14)22-21-16/h3-9H,10H2,1-2H3,(H,20,21). The minimum Gasteiger partial charge on any atom is -0.366 e. The van der Waals surface area contributed by atoms with E-state index in [1.54, 1.807) is 12.1 Å². The molecule has 3 nitrogen and oxygen atoms in total. The van der Waals surface area contributed by atoms with Crippen LogP contribution in [0.1, 0.15) is 19.4 Å². The molecule has 0 saturated heterocycles. The van der Waals surface area contributed by atoms with Gasteiger partial charge < -0.3 is 9.84 Å². The van der Waals surface area contributed by atoms with E-state index in [4.69, 9.17) is 27.7 Å². The number of hydrogen-bond acceptors (Lipinski definition) is 3. The Morgan fingerprint density at radius 2 is 1.73 bits per heavy atom. The SMILES string of the molecule is CC(C)(CNc1noc2c(Cl)ccc(Cl)c12)c1ccccc1. The van der Waals surface area contributed by atoms with Gasteiger partial charge in [-0.1, -0.05) is 72.5 Å². The molecule has 0 aliphatic heterocycles. The Balaban J connectivity index is 1.87. The number of fused-ring (bicyclic) bond motifs is 1. The molecular formula is C17H16Cl2N2O. The largest absolute Gasteiger partial charge is 0.366 e. The summed E-state index contributed by atoms with van der Waals surface area (Å²) < 4.78 is 5.30. The zero-order valence-corrected chi connectivity index (χ0v) is 13.9. The highest BCUT2D eigenvalue weighted by Gasteiger charge is 2.22. The molecule has 0 radical (unpaired) electrons. The molecule has 1 heterocycles. The molecule has 22 heavy (non-hydrogen) atoms. The second-order valence-corrected chi connectivity index (χ2v) is 6.68. The van der Waals surface area contributed by atoms with Crippen molar-refractivity contribution in [3.05, 3.63) is 58.1 Å². The van der Waals surface area contributed by atoms with Crippen molar-refractivity contribution in [3.8, 4) is 0 Å². The zero-order chi connectivity index (χ0) is 15.7. The third-order valence-electron chi connectivity index (χ3n) is 3.78. The minimum absolute atomic E-state index is 0.0580. The first-order valence-corrected chi connectivity index (χ1v) is 7.77. The zero-order valence-electron chi connectivity index (χ0n) is 12.4. The van der Waals surface area contributed by atoms with Crippen molar-refractivity contribution >= 4 is 40.0 Å². The maximum Gasteiger partial charge on any atom is 0.189 e. The van der Waals surface area contributed by atoms with Crippen molar-refractivity contribution in [2.75, 3.05) is 11.9 Å². The smallest absolute Gasteiger partial charge is 0.189 e. The van der Waals surface area contributed by atoms with Crippen LogP contribution < -0.4 is 5.32 Å². The summed E-state index contributed by atoms with van der Waals surface area (Å²) in [4.78, 5) is 0. The Morgan fingerprint density at radius 3 is 2.45 bits per heavy atom. The molecule has 0 atom stereocenters. The number of aromatic nitrogens is 1. The molecule has 0 aliphatic carbocycles. The number of nitrogens with one attached hydrogen (secondary N) is 1. The summed E-state index contributed by atoms with van der Waals surface area (Å²) >= 11 is 12.4. The average molecular weight is 335 g/mol. The van der Waals surface area contributed by atoms with Gasteiger partial charge in [-0.3, -0.25) is 0 Å². The molecule has 0 aliphatic rings. The Bertz CT molecular complexity index is 797. The van der Waals surface area contributed by atoms with Gasteiger partial charge in [0.05, 0.1) is 15.4 Å². The number of anilines is 1. The van der Waals surface area contributed by atoms with Gasteiger partial charge in [0.15, 0.2) is 11.4 Å². The van der Waals surface area contributed by atoms with Crippen LogP contribution in [0.3, 0.4) is 0 Å². The summed E-state index contributed by atoms with van der Waals surface area (Å²) in [6, 6.07) is 13.8. The van der Waals surface area contributed by atoms with Gasteiger partial charge in [0, 0.05) is 12.0 Å². The van der Waals surface area contributed by atoms with Gasteiger partial charge in [-0.2, -0.15) is 0 Å². The summed E-state index contributed by atoms with van der Waals surface area (Å²) in [7, 11) is 0. The fourth-order valence-corrected chi connectivity index (χ4v) is 2.83. The lowest BCUT2D eigenvalue weighted by molar-refractivity contribution is 0.457. The van der Waals surface area contributed by atoms with E-state index in [2.05, 4.69) is 36.5 Å². The van der Waals surface area contributed by atoms with Crippen LogP contribution in [0.15, 0.2) is 47.0 Å². The normalized spacial score (nSPS) is 11.8. The van der Waals surface area contributed by atoms with E-state index in [-0.39, 0.29) is 5.41 Å². The Hall–Kier alpha value is -1.71. The second-order valence-electron chi connectivity index (χ2n) is 5.87. The van der Waals surface area contributed by atoms with Crippen molar-refractivity contribution in [3.63, 3.8) is 0 Å². The van der Waals surface area contributed by atoms with Crippen molar-refractivity contribution < 1.29 is 4.52 Å². The molecule has 0 spiro atoms. The van der Waals surface area contributed by atoms with Crippen LogP contribution in [0.2, 0.25) is 10.0 Å². The van der Waals surface area contributed by atoms with E-state index in [0.717, 1.165) is 5.39 Å². The van der Waals surface area contributed by atoms with E-state index in [9.17, 15) is 0 Å². The second kappa shape index (κ2) is 5.82. The van der Waals surface area contributed by atoms with Crippen LogP contribution in [0, 0.1) is 0 Å². The van der Waals surface area contributed by atoms with Gasteiger partial charge in [0.1, 0.15) is 0 Å². The maximum atomic E-state index is 6.24. The number of rotatable bonds is 4. The van der Waals surface area contributed by atoms with E-state index in [0.29, 0.717) is 28.0 Å². The topological polar surface area (TPSA) is 38.1 Å². The van der Waals surface area contributed by atoms with Crippen LogP contribution >= 0.6 is 23.2 Å². The van der Waals surface area contributed by atoms with Crippen LogP contribution in [0.25, 0.3) is 11.0 Å². The Kier molecular flexibility index (Phi) is 4.02. The van der Waals surface area contributed by atoms with Crippen LogP contribution in [-0.4, -0.2) is 11.7 Å². The van der Waals surface area contributed by atoms with Gasteiger partial charge in [-0.05, 0) is 17.7 Å². The molecule has 3 aromatic rings. The van der Waals surface area contributed by atoms with Crippen molar-refractivity contribution in [1.82, 2.24) is 5.16 Å². The quantitative estimate of drug-likeness (QED) is 0.682. The molecule has 5 heteroatoms. The molecule has 0 bridgehead atoms. The summed E-state index contributed by atoms with van der Waals surface area (Å²) in [5.74, 6) is 0.617. The van der Waals surface area contributed by atoms with Crippen molar-refractivity contribution in [2.45, 2.75) is 19.3 Å². The number of hydrogen-bond donors (Lipinski definition) is 1.